The van der Waals surface area contributed by atoms with Crippen LogP contribution in [0.5, 0.6) is 5.75 Å². The molecule has 8 aromatic heterocycles. The maximum Gasteiger partial charge on any atom is 0.411 e. The van der Waals surface area contributed by atoms with Gasteiger partial charge >= 0.3 is 65.8 Å². The molecule has 2 aliphatic heterocycles. The summed E-state index contributed by atoms with van der Waals surface area (Å²) in [7, 11) is 0. The molecule has 38 nitrogen and oxygen atoms in total. The monoisotopic (exact) mass is 1380 g/mol. The predicted molar refractivity (Wildman–Crippen MR) is 329 cm³/mol. The van der Waals surface area contributed by atoms with Gasteiger partial charge in [-0.15, -0.1) is 5.10 Å². The average Bonchev–Trinajstić information content (AvgIpc) is 1.73. The van der Waals surface area contributed by atoms with Crippen LogP contribution < -0.4 is 5.73 Å². The summed E-state index contributed by atoms with van der Waals surface area (Å²) in [6.45, 7) is 6.26. The van der Waals surface area contributed by atoms with Gasteiger partial charge in [-0.1, -0.05) is 0 Å². The molecule has 1 atom stereocenters. The molecule has 0 spiro atoms. The Morgan fingerprint density at radius 3 is 1.42 bits per heavy atom. The van der Waals surface area contributed by atoms with Gasteiger partial charge in [-0.3, -0.25) is 19.9 Å². The summed E-state index contributed by atoms with van der Waals surface area (Å²) in [5.74, 6) is -11.7. The number of pyridine rings is 4. The lowest BCUT2D eigenvalue weighted by Gasteiger charge is -2.26. The summed E-state index contributed by atoms with van der Waals surface area (Å²) in [6.07, 6.45) is 20.7. The van der Waals surface area contributed by atoms with Crippen molar-refractivity contribution in [2.24, 2.45) is 4.99 Å². The minimum atomic E-state index is -1.17. The first-order valence-electron chi connectivity index (χ1n) is 26.8. The molecule has 0 aromatic carbocycles. The Bertz CT molecular complexity index is 3690. The van der Waals surface area contributed by atoms with Crippen LogP contribution in [-0.4, -0.2) is 218 Å². The Kier molecular flexibility index (Phi) is 37.1. The van der Waals surface area contributed by atoms with Gasteiger partial charge in [-0.05, 0) is 100 Å². The largest absolute Gasteiger partial charge is 0.506 e. The van der Waals surface area contributed by atoms with Crippen LogP contribution >= 0.6 is 0 Å². The van der Waals surface area contributed by atoms with Gasteiger partial charge in [0.05, 0.1) is 70.3 Å². The minimum absolute atomic E-state index is 0.0126. The fourth-order valence-corrected chi connectivity index (χ4v) is 5.82. The molecule has 10 heterocycles. The highest BCUT2D eigenvalue weighted by Crippen LogP contribution is 2.21. The standard InChI is InChI=1S/C10H17NO4.2C6H4FNO2.C6H6N2O2.C6H5NO3.4C5H4N2O2.C5H5NO2/c1-10(2,3)15-9(14)11-6-4-5-7(11)8(12)13;7-5-1-4(6(9)10)2-8-3-5;2*7-5-2-1-4(3-8-5)6(9)10;8-5-1-4(6(9)10)2-7-3-5;8-5(9)4-1-6-3-7-2-4;8-5(9)4-1-2-6-7-3-4;8-5(9)4-6-2-1-3-7-4;8-5(9)4-2-1-3-6-7-4;7-5(8)4-1-2-6-3-4/h7H,4-6H2,1-3H3,(H,12,13);2*1-3H,(H,9,10);1-3H,(H2,7,8)(H,9,10);1-3,8H,(H,9,10);4*1-3H,(H,8,9);1,3H,2H2,(H,7,8)/t7-;;;;;;;;;/m0........./s1. The van der Waals surface area contributed by atoms with Crippen LogP contribution in [0.15, 0.2) is 164 Å². The molecule has 8 aromatic rings. The molecule has 10 rings (SSSR count). The Morgan fingerprint density at radius 1 is 0.525 bits per heavy atom. The van der Waals surface area contributed by atoms with Crippen LogP contribution in [0.1, 0.15) is 117 Å². The molecular formula is C59H57F2N15O23. The number of anilines is 1. The number of aromatic nitrogens is 12. The molecule has 1 fully saturated rings. The SMILES string of the molecule is CC(C)(C)OC(=O)N1CCC[C@H]1C(=O)O.Nc1ccc(C(=O)O)cn1.O=C(O)C1=CCN=C1.O=C(O)c1ccc(F)nc1.O=C(O)c1cccnn1.O=C(O)c1ccnnc1.O=C(O)c1cncc(F)c1.O=C(O)c1cncc(O)c1.O=C(O)c1cncnc1.O=C(O)c1ncccn1. The first-order valence-corrected chi connectivity index (χ1v) is 26.8. The van der Waals surface area contributed by atoms with Crippen LogP contribution in [-0.2, 0) is 14.3 Å². The molecule has 40 heteroatoms. The van der Waals surface area contributed by atoms with Crippen molar-refractivity contribution in [3.05, 3.63) is 216 Å². The molecule has 99 heavy (non-hydrogen) atoms. The first-order chi connectivity index (χ1) is 46.6. The van der Waals surface area contributed by atoms with Crippen molar-refractivity contribution in [1.29, 1.82) is 0 Å². The molecular weight excluding hydrogens is 1320 g/mol. The number of hydrogen-bond donors (Lipinski definition) is 12. The van der Waals surface area contributed by atoms with Crippen LogP contribution in [0.3, 0.4) is 0 Å². The molecule has 0 aliphatic carbocycles. The predicted octanol–water partition coefficient (Wildman–Crippen LogP) is 4.94. The number of aromatic carboxylic acids is 8. The number of ether oxygens (including phenoxy) is 1. The number of carbonyl (C=O) groups is 11. The summed E-state index contributed by atoms with van der Waals surface area (Å²) in [4.78, 5) is 146. The number of nitrogen functional groups attached to an aromatic ring is 1. The van der Waals surface area contributed by atoms with Gasteiger partial charge in [-0.2, -0.15) is 19.7 Å². The average molecular weight is 1380 g/mol. The third kappa shape index (κ3) is 36.6. The number of aliphatic imine (C=N–C) groups is 1. The van der Waals surface area contributed by atoms with Crippen molar-refractivity contribution in [1.82, 2.24) is 65.2 Å². The highest BCUT2D eigenvalue weighted by Gasteiger charge is 2.36. The molecule has 0 bridgehead atoms. The minimum Gasteiger partial charge on any atom is -0.506 e. The van der Waals surface area contributed by atoms with E-state index < -0.39 is 89.2 Å². The van der Waals surface area contributed by atoms with Gasteiger partial charge in [0, 0.05) is 68.5 Å². The van der Waals surface area contributed by atoms with E-state index in [2.05, 4.69) is 65.3 Å². The normalized spacial score (nSPS) is 11.5. The number of likely N-dealkylation sites (tertiary alicyclic amines) is 1. The summed E-state index contributed by atoms with van der Waals surface area (Å²) in [5.41, 5.74) is 5.16. The number of halogens is 2. The second kappa shape index (κ2) is 44.3. The van der Waals surface area contributed by atoms with E-state index >= 15 is 0 Å². The van der Waals surface area contributed by atoms with E-state index in [1.165, 1.54) is 110 Å². The number of carbonyl (C=O) groups excluding carboxylic acids is 1. The van der Waals surface area contributed by atoms with Crippen molar-refractivity contribution in [3.8, 4) is 5.75 Å². The number of amides is 1. The number of aliphatic carboxylic acids is 2. The van der Waals surface area contributed by atoms with E-state index in [0.29, 0.717) is 30.9 Å². The summed E-state index contributed by atoms with van der Waals surface area (Å²) in [6, 6.07) is 12.2. The molecule has 0 saturated carbocycles. The quantitative estimate of drug-likeness (QED) is 0.0807. The summed E-state index contributed by atoms with van der Waals surface area (Å²) < 4.78 is 29.4. The van der Waals surface area contributed by atoms with Gasteiger partial charge in [0.1, 0.15) is 35.4 Å². The topological polar surface area (TPSA) is 616 Å². The number of rotatable bonds is 10. The smallest absolute Gasteiger partial charge is 0.411 e. The van der Waals surface area contributed by atoms with Crippen molar-refractivity contribution in [3.63, 3.8) is 0 Å². The molecule has 13 N–H and O–H groups in total. The van der Waals surface area contributed by atoms with E-state index in [4.69, 9.17) is 66.6 Å². The Morgan fingerprint density at radius 2 is 1.07 bits per heavy atom. The third-order valence-corrected chi connectivity index (χ3v) is 10.2. The number of hydrogen-bond acceptors (Lipinski definition) is 27. The zero-order chi connectivity index (χ0) is 74.6. The zero-order valence-corrected chi connectivity index (χ0v) is 51.3. The zero-order valence-electron chi connectivity index (χ0n) is 51.3. The van der Waals surface area contributed by atoms with Gasteiger partial charge in [0.25, 0.3) is 0 Å². The van der Waals surface area contributed by atoms with E-state index in [1.54, 1.807) is 32.9 Å². The highest BCUT2D eigenvalue weighted by molar-refractivity contribution is 6.09. The maximum absolute atomic E-state index is 12.2. The molecule has 2 aliphatic rings. The number of carboxylic acids is 10. The number of nitrogens with two attached hydrogens (primary N) is 1. The summed E-state index contributed by atoms with van der Waals surface area (Å²) >= 11 is 0. The molecule has 1 saturated heterocycles. The number of aromatic hydroxyl groups is 1. The van der Waals surface area contributed by atoms with Gasteiger partial charge in [0.2, 0.25) is 11.8 Å². The second-order valence-electron chi connectivity index (χ2n) is 18.7. The highest BCUT2D eigenvalue weighted by atomic mass is 19.1. The summed E-state index contributed by atoms with van der Waals surface area (Å²) in [5, 5.41) is 106. The Labute approximate surface area is 554 Å². The lowest BCUT2D eigenvalue weighted by atomic mass is 10.2. The van der Waals surface area contributed by atoms with Crippen molar-refractivity contribution < 1.29 is 122 Å². The lowest BCUT2D eigenvalue weighted by Crippen LogP contribution is -2.43. The Balaban J connectivity index is 0.000000552. The molecule has 0 unspecified atom stereocenters. The fraction of sp³-hybridized carbons (Fsp3) is 0.153. The van der Waals surface area contributed by atoms with Crippen LogP contribution in [0.4, 0.5) is 19.4 Å². The van der Waals surface area contributed by atoms with Crippen molar-refractivity contribution in [2.75, 3.05) is 18.8 Å². The lowest BCUT2D eigenvalue weighted by molar-refractivity contribution is -0.142. The fourth-order valence-electron chi connectivity index (χ4n) is 5.82. The number of nitrogens with zero attached hydrogens (tertiary/aromatic N) is 14. The van der Waals surface area contributed by atoms with E-state index in [-0.39, 0.29) is 50.6 Å². The molecule has 520 valence electrons. The van der Waals surface area contributed by atoms with Gasteiger partial charge in [-0.25, -0.2) is 87.0 Å². The Hall–Kier alpha value is -14.2. The van der Waals surface area contributed by atoms with E-state index in [1.807, 2.05) is 0 Å². The van der Waals surface area contributed by atoms with Crippen molar-refractivity contribution in [2.45, 2.75) is 45.3 Å². The second-order valence-corrected chi connectivity index (χ2v) is 18.7. The molecule has 1 amide bonds. The van der Waals surface area contributed by atoms with Crippen molar-refractivity contribution >= 4 is 77.8 Å². The van der Waals surface area contributed by atoms with E-state index in [0.717, 1.165) is 49.3 Å². The maximum atomic E-state index is 12.2. The van der Waals surface area contributed by atoms with Gasteiger partial charge < -0.3 is 66.6 Å². The van der Waals surface area contributed by atoms with Crippen LogP contribution in [0.25, 0.3) is 0 Å². The molecule has 0 radical (unpaired) electrons. The van der Waals surface area contributed by atoms with Gasteiger partial charge in [0.15, 0.2) is 5.69 Å². The number of carboxylic acid groups (broad SMARTS) is 10. The third-order valence-electron chi connectivity index (χ3n) is 10.2. The van der Waals surface area contributed by atoms with E-state index in [9.17, 15) is 61.5 Å². The van der Waals surface area contributed by atoms with Crippen LogP contribution in [0.2, 0.25) is 0 Å². The van der Waals surface area contributed by atoms with Crippen LogP contribution in [0, 0.1) is 11.8 Å². The first kappa shape index (κ1) is 82.8.